The second-order valence-corrected chi connectivity index (χ2v) is 5.97. The van der Waals surface area contributed by atoms with Gasteiger partial charge >= 0.3 is 0 Å². The molecule has 2 N–H and O–H groups in total. The molecular weight excluding hydrogens is 198 g/mol. The zero-order valence-electron chi connectivity index (χ0n) is 10.7. The average Bonchev–Trinajstić information content (AvgIpc) is 2.51. The predicted octanol–water partition coefficient (Wildman–Crippen LogP) is 3.24. The van der Waals surface area contributed by atoms with Crippen LogP contribution in [-0.4, -0.2) is 18.2 Å². The van der Waals surface area contributed by atoms with Crippen molar-refractivity contribution < 1.29 is 4.74 Å². The second kappa shape index (κ2) is 5.50. The maximum Gasteiger partial charge on any atom is 0.0810 e. The van der Waals surface area contributed by atoms with Gasteiger partial charge in [0.05, 0.1) is 11.7 Å². The summed E-state index contributed by atoms with van der Waals surface area (Å²) < 4.78 is 6.41. The van der Waals surface area contributed by atoms with Crippen LogP contribution in [0.5, 0.6) is 0 Å². The first kappa shape index (κ1) is 12.4. The van der Waals surface area contributed by atoms with Crippen molar-refractivity contribution in [2.45, 2.75) is 76.4 Å². The topological polar surface area (TPSA) is 35.2 Å². The molecule has 2 saturated carbocycles. The van der Waals surface area contributed by atoms with Gasteiger partial charge in [-0.25, -0.2) is 0 Å². The van der Waals surface area contributed by atoms with Gasteiger partial charge in [-0.2, -0.15) is 0 Å². The Balaban J connectivity index is 1.90. The standard InChI is InChI=1S/C14H27NO/c1-12-8-9-14(10-12,11-15)16-13-6-4-2-3-5-7-13/h12-13H,2-11,15H2,1H3. The van der Waals surface area contributed by atoms with Crippen molar-refractivity contribution in [1.29, 1.82) is 0 Å². The summed E-state index contributed by atoms with van der Waals surface area (Å²) in [6, 6.07) is 0. The number of nitrogens with two attached hydrogens (primary N) is 1. The first-order valence-electron chi connectivity index (χ1n) is 7.12. The first-order chi connectivity index (χ1) is 7.74. The van der Waals surface area contributed by atoms with Crippen LogP contribution in [-0.2, 0) is 4.74 Å². The smallest absolute Gasteiger partial charge is 0.0810 e. The number of rotatable bonds is 3. The van der Waals surface area contributed by atoms with Gasteiger partial charge in [0.25, 0.3) is 0 Å². The summed E-state index contributed by atoms with van der Waals surface area (Å²) in [6.45, 7) is 3.04. The third kappa shape index (κ3) is 2.98. The minimum atomic E-state index is 0.0361. The van der Waals surface area contributed by atoms with Crippen molar-refractivity contribution in [1.82, 2.24) is 0 Å². The van der Waals surface area contributed by atoms with Gasteiger partial charge in [-0.1, -0.05) is 32.6 Å². The highest BCUT2D eigenvalue weighted by Gasteiger charge is 2.39. The molecule has 94 valence electrons. The summed E-state index contributed by atoms with van der Waals surface area (Å²) >= 11 is 0. The fourth-order valence-corrected chi connectivity index (χ4v) is 3.40. The molecule has 2 aliphatic rings. The minimum absolute atomic E-state index is 0.0361. The molecule has 2 rings (SSSR count). The predicted molar refractivity (Wildman–Crippen MR) is 67.4 cm³/mol. The van der Waals surface area contributed by atoms with E-state index in [0.29, 0.717) is 12.6 Å². The molecule has 2 unspecified atom stereocenters. The Labute approximate surface area is 99.9 Å². The summed E-state index contributed by atoms with van der Waals surface area (Å²) in [4.78, 5) is 0. The Morgan fingerprint density at radius 1 is 1.12 bits per heavy atom. The van der Waals surface area contributed by atoms with E-state index >= 15 is 0 Å². The van der Waals surface area contributed by atoms with Crippen LogP contribution in [0.15, 0.2) is 0 Å². The van der Waals surface area contributed by atoms with Gasteiger partial charge in [0, 0.05) is 6.54 Å². The van der Waals surface area contributed by atoms with Crippen LogP contribution >= 0.6 is 0 Å². The minimum Gasteiger partial charge on any atom is -0.370 e. The summed E-state index contributed by atoms with van der Waals surface area (Å²) in [5.41, 5.74) is 6.00. The molecule has 2 aliphatic carbocycles. The highest BCUT2D eigenvalue weighted by Crippen LogP contribution is 2.38. The van der Waals surface area contributed by atoms with E-state index in [2.05, 4.69) is 6.92 Å². The SMILES string of the molecule is CC1CCC(CN)(OC2CCCCCC2)C1. The summed E-state index contributed by atoms with van der Waals surface area (Å²) in [5.74, 6) is 0.800. The molecule has 0 aromatic rings. The van der Waals surface area contributed by atoms with E-state index in [1.165, 1.54) is 57.8 Å². The van der Waals surface area contributed by atoms with Crippen LogP contribution in [0.3, 0.4) is 0 Å². The molecule has 2 nitrogen and oxygen atoms in total. The summed E-state index contributed by atoms with van der Waals surface area (Å²) in [7, 11) is 0. The van der Waals surface area contributed by atoms with Crippen molar-refractivity contribution in [3.05, 3.63) is 0 Å². The Kier molecular flexibility index (Phi) is 4.26. The molecule has 0 saturated heterocycles. The van der Waals surface area contributed by atoms with E-state index in [9.17, 15) is 0 Å². The van der Waals surface area contributed by atoms with Gasteiger partial charge in [-0.15, -0.1) is 0 Å². The van der Waals surface area contributed by atoms with Crippen molar-refractivity contribution >= 4 is 0 Å². The third-order valence-electron chi connectivity index (χ3n) is 4.40. The van der Waals surface area contributed by atoms with Gasteiger partial charge < -0.3 is 10.5 Å². The molecule has 2 fully saturated rings. The van der Waals surface area contributed by atoms with E-state index in [4.69, 9.17) is 10.5 Å². The normalized spacial score (nSPS) is 37.5. The highest BCUT2D eigenvalue weighted by atomic mass is 16.5. The number of hydrogen-bond donors (Lipinski definition) is 1. The lowest BCUT2D eigenvalue weighted by Gasteiger charge is -2.33. The van der Waals surface area contributed by atoms with Crippen molar-refractivity contribution in [2.24, 2.45) is 11.7 Å². The van der Waals surface area contributed by atoms with Gasteiger partial charge in [-0.05, 0) is 38.0 Å². The monoisotopic (exact) mass is 225 g/mol. The molecule has 0 radical (unpaired) electrons. The number of ether oxygens (including phenoxy) is 1. The van der Waals surface area contributed by atoms with Crippen molar-refractivity contribution in [3.8, 4) is 0 Å². The fourth-order valence-electron chi connectivity index (χ4n) is 3.40. The average molecular weight is 225 g/mol. The highest BCUT2D eigenvalue weighted by molar-refractivity contribution is 4.91. The molecule has 0 spiro atoms. The van der Waals surface area contributed by atoms with Gasteiger partial charge in [0.1, 0.15) is 0 Å². The molecule has 2 heteroatoms. The van der Waals surface area contributed by atoms with Crippen LogP contribution in [0.2, 0.25) is 0 Å². The number of hydrogen-bond acceptors (Lipinski definition) is 2. The maximum atomic E-state index is 6.41. The Hall–Kier alpha value is -0.0800. The second-order valence-electron chi connectivity index (χ2n) is 5.97. The van der Waals surface area contributed by atoms with Gasteiger partial charge in [0.15, 0.2) is 0 Å². The van der Waals surface area contributed by atoms with Gasteiger partial charge in [-0.3, -0.25) is 0 Å². The summed E-state index contributed by atoms with van der Waals surface area (Å²) in [6.07, 6.45) is 12.2. The van der Waals surface area contributed by atoms with Gasteiger partial charge in [0.2, 0.25) is 0 Å². The Morgan fingerprint density at radius 2 is 1.81 bits per heavy atom. The van der Waals surface area contributed by atoms with Crippen LogP contribution in [0.25, 0.3) is 0 Å². The molecule has 2 atom stereocenters. The lowest BCUT2D eigenvalue weighted by molar-refractivity contribution is -0.0908. The largest absolute Gasteiger partial charge is 0.370 e. The van der Waals surface area contributed by atoms with Crippen molar-refractivity contribution in [3.63, 3.8) is 0 Å². The first-order valence-corrected chi connectivity index (χ1v) is 7.12. The molecule has 0 aliphatic heterocycles. The zero-order chi connectivity index (χ0) is 11.4. The molecule has 0 amide bonds. The molecule has 0 aromatic carbocycles. The third-order valence-corrected chi connectivity index (χ3v) is 4.40. The van der Waals surface area contributed by atoms with Crippen LogP contribution in [0, 0.1) is 5.92 Å². The van der Waals surface area contributed by atoms with E-state index < -0.39 is 0 Å². The fraction of sp³-hybridized carbons (Fsp3) is 1.00. The van der Waals surface area contributed by atoms with Crippen molar-refractivity contribution in [2.75, 3.05) is 6.54 Å². The van der Waals surface area contributed by atoms with Crippen LogP contribution < -0.4 is 5.73 Å². The zero-order valence-corrected chi connectivity index (χ0v) is 10.7. The molecule has 0 bridgehead atoms. The van der Waals surface area contributed by atoms with E-state index in [0.717, 1.165) is 5.92 Å². The maximum absolute atomic E-state index is 6.41. The van der Waals surface area contributed by atoms with E-state index in [1.54, 1.807) is 0 Å². The van der Waals surface area contributed by atoms with E-state index in [-0.39, 0.29) is 5.60 Å². The molecular formula is C14H27NO. The van der Waals surface area contributed by atoms with E-state index in [1.807, 2.05) is 0 Å². The Bertz CT molecular complexity index is 211. The Morgan fingerprint density at radius 3 is 2.31 bits per heavy atom. The van der Waals surface area contributed by atoms with Crippen LogP contribution in [0.4, 0.5) is 0 Å². The molecule has 16 heavy (non-hydrogen) atoms. The summed E-state index contributed by atoms with van der Waals surface area (Å²) in [5, 5.41) is 0. The lowest BCUT2D eigenvalue weighted by atomic mass is 9.99. The lowest BCUT2D eigenvalue weighted by Crippen LogP contribution is -2.41. The molecule has 0 aromatic heterocycles. The molecule has 0 heterocycles. The van der Waals surface area contributed by atoms with Crippen LogP contribution in [0.1, 0.15) is 64.7 Å². The quantitative estimate of drug-likeness (QED) is 0.748.